The zero-order valence-electron chi connectivity index (χ0n) is 14.1. The number of aromatic nitrogens is 3. The molecular weight excluding hydrogens is 288 g/mol. The van der Waals surface area contributed by atoms with Crippen LogP contribution in [0.15, 0.2) is 24.5 Å². The van der Waals surface area contributed by atoms with Crippen molar-refractivity contribution in [2.45, 2.75) is 46.1 Å². The Kier molecular flexibility index (Phi) is 4.46. The summed E-state index contributed by atoms with van der Waals surface area (Å²) in [4.78, 5) is 14.6. The Morgan fingerprint density at radius 2 is 1.96 bits per heavy atom. The van der Waals surface area contributed by atoms with Crippen LogP contribution in [0.5, 0.6) is 0 Å². The molecule has 0 bridgehead atoms. The van der Waals surface area contributed by atoms with Gasteiger partial charge in [0, 0.05) is 31.1 Å². The van der Waals surface area contributed by atoms with Crippen molar-refractivity contribution in [3.05, 3.63) is 47.0 Å². The molecule has 0 atom stereocenters. The second kappa shape index (κ2) is 6.52. The number of piperidine rings is 1. The number of rotatable bonds is 3. The summed E-state index contributed by atoms with van der Waals surface area (Å²) in [5.74, 6) is 1.61. The molecule has 2 heterocycles. The lowest BCUT2D eigenvalue weighted by molar-refractivity contribution is 0.0710. The second-order valence-electron chi connectivity index (χ2n) is 6.34. The zero-order chi connectivity index (χ0) is 16.4. The van der Waals surface area contributed by atoms with E-state index in [1.54, 1.807) is 6.33 Å². The molecule has 1 aliphatic rings. The van der Waals surface area contributed by atoms with E-state index in [0.717, 1.165) is 43.9 Å². The SMILES string of the molecule is CCn1cnnc1C1CCN(C(=O)c2ccc(C)c(C)c2)CC1. The van der Waals surface area contributed by atoms with Crippen molar-refractivity contribution in [1.29, 1.82) is 0 Å². The van der Waals surface area contributed by atoms with Crippen LogP contribution in [0.3, 0.4) is 0 Å². The highest BCUT2D eigenvalue weighted by Crippen LogP contribution is 2.27. The van der Waals surface area contributed by atoms with Gasteiger partial charge in [0.1, 0.15) is 12.2 Å². The van der Waals surface area contributed by atoms with Gasteiger partial charge in [-0.25, -0.2) is 0 Å². The summed E-state index contributed by atoms with van der Waals surface area (Å²) in [6.45, 7) is 8.68. The fourth-order valence-corrected chi connectivity index (χ4v) is 3.22. The zero-order valence-corrected chi connectivity index (χ0v) is 14.1. The summed E-state index contributed by atoms with van der Waals surface area (Å²) in [7, 11) is 0. The van der Waals surface area contributed by atoms with Gasteiger partial charge in [-0.15, -0.1) is 10.2 Å². The molecule has 0 saturated carbocycles. The van der Waals surface area contributed by atoms with Crippen molar-refractivity contribution in [2.24, 2.45) is 0 Å². The van der Waals surface area contributed by atoms with Crippen LogP contribution in [-0.2, 0) is 6.54 Å². The highest BCUT2D eigenvalue weighted by molar-refractivity contribution is 5.94. The van der Waals surface area contributed by atoms with E-state index in [9.17, 15) is 4.79 Å². The van der Waals surface area contributed by atoms with E-state index in [0.29, 0.717) is 5.92 Å². The number of benzene rings is 1. The van der Waals surface area contributed by atoms with E-state index >= 15 is 0 Å². The lowest BCUT2D eigenvalue weighted by Gasteiger charge is -2.31. The van der Waals surface area contributed by atoms with Crippen LogP contribution >= 0.6 is 0 Å². The Morgan fingerprint density at radius 3 is 2.61 bits per heavy atom. The van der Waals surface area contributed by atoms with E-state index in [4.69, 9.17) is 0 Å². The summed E-state index contributed by atoms with van der Waals surface area (Å²) >= 11 is 0. The van der Waals surface area contributed by atoms with Crippen LogP contribution in [0.1, 0.15) is 53.0 Å². The molecule has 0 N–H and O–H groups in total. The number of aryl methyl sites for hydroxylation is 3. The van der Waals surface area contributed by atoms with Gasteiger partial charge in [-0.05, 0) is 56.9 Å². The molecule has 3 rings (SSSR count). The molecule has 0 aliphatic carbocycles. The van der Waals surface area contributed by atoms with Gasteiger partial charge in [0.25, 0.3) is 5.91 Å². The summed E-state index contributed by atoms with van der Waals surface area (Å²) in [6.07, 6.45) is 3.70. The average Bonchev–Trinajstić information content (AvgIpc) is 3.05. The van der Waals surface area contributed by atoms with Crippen molar-refractivity contribution >= 4 is 5.91 Å². The van der Waals surface area contributed by atoms with Gasteiger partial charge >= 0.3 is 0 Å². The molecule has 1 aromatic heterocycles. The van der Waals surface area contributed by atoms with Crippen molar-refractivity contribution in [3.8, 4) is 0 Å². The number of amides is 1. The largest absolute Gasteiger partial charge is 0.339 e. The predicted octanol–water partition coefficient (Wildman–Crippen LogP) is 2.93. The number of carbonyl (C=O) groups is 1. The molecule has 1 amide bonds. The highest BCUT2D eigenvalue weighted by atomic mass is 16.2. The average molecular weight is 312 g/mol. The molecule has 5 nitrogen and oxygen atoms in total. The van der Waals surface area contributed by atoms with Crippen molar-refractivity contribution < 1.29 is 4.79 Å². The number of nitrogens with zero attached hydrogens (tertiary/aromatic N) is 4. The lowest BCUT2D eigenvalue weighted by Crippen LogP contribution is -2.38. The van der Waals surface area contributed by atoms with E-state index in [2.05, 4.69) is 35.5 Å². The first-order valence-corrected chi connectivity index (χ1v) is 8.34. The first kappa shape index (κ1) is 15.7. The maximum atomic E-state index is 12.7. The van der Waals surface area contributed by atoms with Crippen molar-refractivity contribution in [2.75, 3.05) is 13.1 Å². The monoisotopic (exact) mass is 312 g/mol. The van der Waals surface area contributed by atoms with Crippen molar-refractivity contribution in [3.63, 3.8) is 0 Å². The van der Waals surface area contributed by atoms with E-state index < -0.39 is 0 Å². The molecule has 1 saturated heterocycles. The first-order valence-electron chi connectivity index (χ1n) is 8.34. The van der Waals surface area contributed by atoms with Gasteiger partial charge < -0.3 is 9.47 Å². The van der Waals surface area contributed by atoms with Crippen LogP contribution in [-0.4, -0.2) is 38.7 Å². The normalized spacial score (nSPS) is 15.9. The number of hydrogen-bond donors (Lipinski definition) is 0. The topological polar surface area (TPSA) is 51.0 Å². The molecule has 5 heteroatoms. The molecule has 0 unspecified atom stereocenters. The van der Waals surface area contributed by atoms with Gasteiger partial charge in [-0.1, -0.05) is 6.07 Å². The van der Waals surface area contributed by atoms with E-state index in [1.807, 2.05) is 23.1 Å². The summed E-state index contributed by atoms with van der Waals surface area (Å²) in [5, 5.41) is 8.29. The molecule has 1 aromatic carbocycles. The fraction of sp³-hybridized carbons (Fsp3) is 0.500. The molecule has 1 fully saturated rings. The Hall–Kier alpha value is -2.17. The highest BCUT2D eigenvalue weighted by Gasteiger charge is 2.27. The lowest BCUT2D eigenvalue weighted by atomic mass is 9.95. The van der Waals surface area contributed by atoms with Crippen molar-refractivity contribution in [1.82, 2.24) is 19.7 Å². The molecule has 0 spiro atoms. The summed E-state index contributed by atoms with van der Waals surface area (Å²) in [6, 6.07) is 5.96. The molecule has 1 aliphatic heterocycles. The number of carbonyl (C=O) groups excluding carboxylic acids is 1. The Balaban J connectivity index is 1.66. The minimum absolute atomic E-state index is 0.142. The maximum Gasteiger partial charge on any atom is 0.253 e. The third kappa shape index (κ3) is 3.14. The smallest absolute Gasteiger partial charge is 0.253 e. The molecule has 122 valence electrons. The maximum absolute atomic E-state index is 12.7. The van der Waals surface area contributed by atoms with Crippen LogP contribution in [0, 0.1) is 13.8 Å². The molecule has 0 radical (unpaired) electrons. The minimum atomic E-state index is 0.142. The third-order valence-electron chi connectivity index (χ3n) is 4.89. The van der Waals surface area contributed by atoms with Gasteiger partial charge in [0.2, 0.25) is 0 Å². The van der Waals surface area contributed by atoms with Crippen LogP contribution in [0.4, 0.5) is 0 Å². The van der Waals surface area contributed by atoms with Gasteiger partial charge in [-0.3, -0.25) is 4.79 Å². The van der Waals surface area contributed by atoms with Gasteiger partial charge in [0.05, 0.1) is 0 Å². The molecule has 2 aromatic rings. The second-order valence-corrected chi connectivity index (χ2v) is 6.34. The Bertz CT molecular complexity index is 699. The predicted molar refractivity (Wildman–Crippen MR) is 89.5 cm³/mol. The quantitative estimate of drug-likeness (QED) is 0.875. The Morgan fingerprint density at radius 1 is 1.22 bits per heavy atom. The molecular formula is C18H24N4O. The molecule has 23 heavy (non-hydrogen) atoms. The van der Waals surface area contributed by atoms with Crippen LogP contribution in [0.2, 0.25) is 0 Å². The summed E-state index contributed by atoms with van der Waals surface area (Å²) < 4.78 is 2.10. The first-order chi connectivity index (χ1) is 11.1. The van der Waals surface area contributed by atoms with Gasteiger partial charge in [0.15, 0.2) is 0 Å². The fourth-order valence-electron chi connectivity index (χ4n) is 3.22. The van der Waals surface area contributed by atoms with Gasteiger partial charge in [-0.2, -0.15) is 0 Å². The summed E-state index contributed by atoms with van der Waals surface area (Å²) in [5.41, 5.74) is 3.18. The number of hydrogen-bond acceptors (Lipinski definition) is 3. The Labute approximate surface area is 137 Å². The minimum Gasteiger partial charge on any atom is -0.339 e. The van der Waals surface area contributed by atoms with Crippen LogP contribution in [0.25, 0.3) is 0 Å². The van der Waals surface area contributed by atoms with Crippen LogP contribution < -0.4 is 0 Å². The van der Waals surface area contributed by atoms with E-state index in [1.165, 1.54) is 11.1 Å². The number of likely N-dealkylation sites (tertiary alicyclic amines) is 1. The third-order valence-corrected chi connectivity index (χ3v) is 4.89. The van der Waals surface area contributed by atoms with E-state index in [-0.39, 0.29) is 5.91 Å². The standard InChI is InChI=1S/C18H24N4O/c1-4-21-12-19-20-17(21)15-7-9-22(10-8-15)18(23)16-6-5-13(2)14(3)11-16/h5-6,11-12,15H,4,7-10H2,1-3H3.